The lowest BCUT2D eigenvalue weighted by Crippen LogP contribution is -2.25. The zero-order valence-electron chi connectivity index (χ0n) is 16.0. The summed E-state index contributed by atoms with van der Waals surface area (Å²) in [5.74, 6) is -1.49. The molecule has 0 aliphatic heterocycles. The van der Waals surface area contributed by atoms with Gasteiger partial charge in [0.05, 0.1) is 10.6 Å². The predicted molar refractivity (Wildman–Crippen MR) is 105 cm³/mol. The summed E-state index contributed by atoms with van der Waals surface area (Å²) in [6.45, 7) is 4.45. The third kappa shape index (κ3) is 3.70. The summed E-state index contributed by atoms with van der Waals surface area (Å²) in [6.07, 6.45) is -1.67. The van der Waals surface area contributed by atoms with Crippen LogP contribution in [-0.2, 0) is 4.79 Å². The Kier molecular flexibility index (Phi) is 5.48. The lowest BCUT2D eigenvalue weighted by molar-refractivity contribution is -0.385. The van der Waals surface area contributed by atoms with Gasteiger partial charge in [-0.3, -0.25) is 24.4 Å². The number of aromatic nitrogens is 3. The number of carbonyl (C=O) groups excluding carboxylic acids is 2. The maximum Gasteiger partial charge on any atom is 0.309 e. The molecule has 0 fully saturated rings. The highest BCUT2D eigenvalue weighted by Crippen LogP contribution is 2.38. The normalized spacial score (nSPS) is 12.3. The number of alkyl halides is 2. The Hall–Kier alpha value is -3.48. The predicted octanol–water partition coefficient (Wildman–Crippen LogP) is 3.25. The number of anilines is 1. The second-order valence-electron chi connectivity index (χ2n) is 6.52. The monoisotopic (exact) mass is 438 g/mol. The van der Waals surface area contributed by atoms with Gasteiger partial charge in [-0.25, -0.2) is 13.8 Å². The van der Waals surface area contributed by atoms with Gasteiger partial charge < -0.3 is 11.1 Å². The fourth-order valence-electron chi connectivity index (χ4n) is 2.91. The molecule has 0 bridgehead atoms. The highest BCUT2D eigenvalue weighted by atomic mass is 32.1. The number of primary amides is 1. The van der Waals surface area contributed by atoms with Crippen molar-refractivity contribution in [1.82, 2.24) is 14.8 Å². The minimum Gasteiger partial charge on any atom is -0.365 e. The Morgan fingerprint density at radius 1 is 1.37 bits per heavy atom. The summed E-state index contributed by atoms with van der Waals surface area (Å²) in [4.78, 5) is 39.0. The van der Waals surface area contributed by atoms with Crippen molar-refractivity contribution in [3.63, 3.8) is 0 Å². The van der Waals surface area contributed by atoms with E-state index in [9.17, 15) is 28.5 Å². The first kappa shape index (κ1) is 21.2. The number of aryl methyl sites for hydroxylation is 2. The number of thiophene rings is 1. The number of nitrogens with one attached hydrogen (secondary N) is 1. The van der Waals surface area contributed by atoms with Crippen molar-refractivity contribution in [2.75, 3.05) is 5.32 Å². The first-order chi connectivity index (χ1) is 14.0. The third-order valence-electron chi connectivity index (χ3n) is 4.44. The smallest absolute Gasteiger partial charge is 0.309 e. The zero-order valence-corrected chi connectivity index (χ0v) is 16.8. The van der Waals surface area contributed by atoms with Gasteiger partial charge in [0.25, 0.3) is 12.3 Å². The van der Waals surface area contributed by atoms with E-state index < -0.39 is 34.9 Å². The van der Waals surface area contributed by atoms with Crippen molar-refractivity contribution >= 4 is 44.7 Å². The molecule has 3 N–H and O–H groups in total. The number of rotatable bonds is 6. The maximum atomic E-state index is 13.1. The molecular formula is C17H16F2N6O4S. The fourth-order valence-corrected chi connectivity index (χ4v) is 3.97. The topological polar surface area (TPSA) is 146 Å². The minimum atomic E-state index is -2.80. The standard InChI is InChI=1S/C17H16F2N6O4S/c1-6-4-9(14(18)19)21-17-11(6)12(13(30-17)15(20)26)22-16(27)8(3)24-5-10(25(28)29)7(2)23-24/h4-5,8,14H,1-3H3,(H2,20,26)(H,22,27). The van der Waals surface area contributed by atoms with E-state index in [4.69, 9.17) is 5.73 Å². The van der Waals surface area contributed by atoms with Gasteiger partial charge in [0.2, 0.25) is 5.91 Å². The van der Waals surface area contributed by atoms with Crippen LogP contribution in [0, 0.1) is 24.0 Å². The Bertz CT molecular complexity index is 1190. The summed E-state index contributed by atoms with van der Waals surface area (Å²) in [5, 5.41) is 17.9. The average Bonchev–Trinajstić information content (AvgIpc) is 3.22. The van der Waals surface area contributed by atoms with E-state index in [1.807, 2.05) is 0 Å². The van der Waals surface area contributed by atoms with Gasteiger partial charge in [-0.15, -0.1) is 11.3 Å². The first-order valence-corrected chi connectivity index (χ1v) is 9.35. The number of pyridine rings is 1. The number of hydrogen-bond donors (Lipinski definition) is 2. The number of nitrogens with zero attached hydrogens (tertiary/aromatic N) is 4. The second-order valence-corrected chi connectivity index (χ2v) is 7.52. The SMILES string of the molecule is Cc1nn(C(C)C(=O)Nc2c(C(N)=O)sc3nc(C(F)F)cc(C)c23)cc1[N+](=O)[O-]. The second kappa shape index (κ2) is 7.74. The lowest BCUT2D eigenvalue weighted by atomic mass is 10.1. The van der Waals surface area contributed by atoms with Gasteiger partial charge in [0.1, 0.15) is 33.3 Å². The summed E-state index contributed by atoms with van der Waals surface area (Å²) >= 11 is 0.792. The number of halogens is 2. The van der Waals surface area contributed by atoms with Gasteiger partial charge in [0, 0.05) is 5.39 Å². The number of fused-ring (bicyclic) bond motifs is 1. The van der Waals surface area contributed by atoms with Gasteiger partial charge >= 0.3 is 5.69 Å². The average molecular weight is 438 g/mol. The molecule has 0 radical (unpaired) electrons. The van der Waals surface area contributed by atoms with E-state index in [0.717, 1.165) is 22.2 Å². The Morgan fingerprint density at radius 2 is 2.03 bits per heavy atom. The van der Waals surface area contributed by atoms with Crippen LogP contribution in [0.4, 0.5) is 20.2 Å². The van der Waals surface area contributed by atoms with Crippen molar-refractivity contribution in [2.24, 2.45) is 5.73 Å². The quantitative estimate of drug-likeness (QED) is 0.446. The molecule has 1 atom stereocenters. The zero-order chi connectivity index (χ0) is 22.3. The van der Waals surface area contributed by atoms with Crippen LogP contribution in [0.25, 0.3) is 10.2 Å². The highest BCUT2D eigenvalue weighted by Gasteiger charge is 2.26. The van der Waals surface area contributed by atoms with E-state index in [1.54, 1.807) is 6.92 Å². The molecule has 10 nitrogen and oxygen atoms in total. The Balaban J connectivity index is 2.02. The molecule has 0 saturated carbocycles. The van der Waals surface area contributed by atoms with Crippen LogP contribution in [0.15, 0.2) is 12.3 Å². The molecule has 13 heteroatoms. The summed E-state index contributed by atoms with van der Waals surface area (Å²) < 4.78 is 27.2. The molecule has 3 aromatic heterocycles. The Morgan fingerprint density at radius 3 is 2.57 bits per heavy atom. The van der Waals surface area contributed by atoms with Gasteiger partial charge in [-0.1, -0.05) is 0 Å². The van der Waals surface area contributed by atoms with Gasteiger partial charge in [0.15, 0.2) is 0 Å². The van der Waals surface area contributed by atoms with Crippen molar-refractivity contribution in [2.45, 2.75) is 33.2 Å². The molecule has 1 unspecified atom stereocenters. The number of amides is 2. The number of nitrogens with two attached hydrogens (primary N) is 1. The van der Waals surface area contributed by atoms with E-state index in [2.05, 4.69) is 15.4 Å². The molecule has 0 spiro atoms. The summed E-state index contributed by atoms with van der Waals surface area (Å²) in [7, 11) is 0. The summed E-state index contributed by atoms with van der Waals surface area (Å²) in [6, 6.07) is 0.200. The third-order valence-corrected chi connectivity index (χ3v) is 5.54. The molecule has 3 aromatic rings. The summed E-state index contributed by atoms with van der Waals surface area (Å²) in [5.41, 5.74) is 5.28. The van der Waals surface area contributed by atoms with Crippen molar-refractivity contribution in [3.05, 3.63) is 44.2 Å². The van der Waals surface area contributed by atoms with Crippen LogP contribution in [0.1, 0.15) is 46.0 Å². The molecule has 3 rings (SSSR count). The Labute approximate surface area is 171 Å². The molecule has 0 saturated heterocycles. The van der Waals surface area contributed by atoms with Gasteiger partial charge in [-0.05, 0) is 32.4 Å². The molecule has 158 valence electrons. The number of carbonyl (C=O) groups is 2. The van der Waals surface area contributed by atoms with Crippen LogP contribution in [0.3, 0.4) is 0 Å². The molecule has 30 heavy (non-hydrogen) atoms. The first-order valence-electron chi connectivity index (χ1n) is 8.54. The van der Waals surface area contributed by atoms with Crippen molar-refractivity contribution in [1.29, 1.82) is 0 Å². The molecule has 0 aromatic carbocycles. The molecular weight excluding hydrogens is 422 g/mol. The van der Waals surface area contributed by atoms with Gasteiger partial charge in [-0.2, -0.15) is 5.10 Å². The van der Waals surface area contributed by atoms with Crippen LogP contribution in [0.5, 0.6) is 0 Å². The largest absolute Gasteiger partial charge is 0.365 e. The fraction of sp³-hybridized carbons (Fsp3) is 0.294. The molecule has 0 aliphatic rings. The van der Waals surface area contributed by atoms with Crippen LogP contribution >= 0.6 is 11.3 Å². The number of hydrogen-bond acceptors (Lipinski definition) is 7. The highest BCUT2D eigenvalue weighted by molar-refractivity contribution is 7.21. The number of nitro groups is 1. The van der Waals surface area contributed by atoms with E-state index >= 15 is 0 Å². The van der Waals surface area contributed by atoms with Crippen LogP contribution < -0.4 is 11.1 Å². The van der Waals surface area contributed by atoms with Crippen molar-refractivity contribution < 1.29 is 23.3 Å². The lowest BCUT2D eigenvalue weighted by Gasteiger charge is -2.13. The van der Waals surface area contributed by atoms with E-state index in [0.29, 0.717) is 10.9 Å². The van der Waals surface area contributed by atoms with E-state index in [-0.39, 0.29) is 26.8 Å². The molecule has 3 heterocycles. The van der Waals surface area contributed by atoms with Crippen LogP contribution in [-0.4, -0.2) is 31.5 Å². The molecule has 2 amide bonds. The maximum absolute atomic E-state index is 13.1. The van der Waals surface area contributed by atoms with E-state index in [1.165, 1.54) is 19.9 Å². The minimum absolute atomic E-state index is 0.0461. The van der Waals surface area contributed by atoms with Crippen molar-refractivity contribution in [3.8, 4) is 0 Å². The molecule has 0 aliphatic carbocycles. The van der Waals surface area contributed by atoms with Crippen LogP contribution in [0.2, 0.25) is 0 Å².